The fourth-order valence-corrected chi connectivity index (χ4v) is 2.26. The first-order chi connectivity index (χ1) is 8.49. The number of carboxylic acid groups (broad SMARTS) is 1. The number of hydrogen-bond donors (Lipinski definition) is 1. The smallest absolute Gasteiger partial charge is 0.352 e. The van der Waals surface area contributed by atoms with Crippen LogP contribution in [0, 0.1) is 0 Å². The van der Waals surface area contributed by atoms with Crippen molar-refractivity contribution in [2.75, 3.05) is 0 Å². The monoisotopic (exact) mass is 307 g/mol. The van der Waals surface area contributed by atoms with Gasteiger partial charge in [0.1, 0.15) is 5.69 Å². The van der Waals surface area contributed by atoms with Gasteiger partial charge in [-0.25, -0.2) is 4.79 Å². The molecule has 0 aliphatic carbocycles. The first kappa shape index (κ1) is 12.9. The van der Waals surface area contributed by atoms with Crippen LogP contribution in [0.1, 0.15) is 35.8 Å². The van der Waals surface area contributed by atoms with Crippen molar-refractivity contribution >= 4 is 21.9 Å². The van der Waals surface area contributed by atoms with Crippen molar-refractivity contribution in [2.45, 2.75) is 19.8 Å². The Morgan fingerprint density at radius 3 is 2.67 bits per heavy atom. The van der Waals surface area contributed by atoms with Crippen LogP contribution in [0.4, 0.5) is 0 Å². The molecule has 0 saturated heterocycles. The molecule has 0 aliphatic rings. The lowest BCUT2D eigenvalue weighted by molar-refractivity contribution is 0.0688. The van der Waals surface area contributed by atoms with Gasteiger partial charge >= 0.3 is 5.97 Å². The SMILES string of the molecule is CC(C)c1cccc(-n2cc(Br)cc2C(=O)O)c1. The molecule has 1 heterocycles. The third-order valence-corrected chi connectivity index (χ3v) is 3.25. The van der Waals surface area contributed by atoms with Gasteiger partial charge in [-0.15, -0.1) is 0 Å². The molecular formula is C14H14BrNO2. The molecular weight excluding hydrogens is 294 g/mol. The first-order valence-electron chi connectivity index (χ1n) is 5.70. The van der Waals surface area contributed by atoms with Crippen molar-refractivity contribution in [2.24, 2.45) is 0 Å². The predicted molar refractivity (Wildman–Crippen MR) is 74.5 cm³/mol. The largest absolute Gasteiger partial charge is 0.477 e. The molecule has 2 rings (SSSR count). The lowest BCUT2D eigenvalue weighted by Gasteiger charge is -2.10. The first-order valence-corrected chi connectivity index (χ1v) is 6.50. The van der Waals surface area contributed by atoms with E-state index in [2.05, 4.69) is 29.8 Å². The number of halogens is 1. The topological polar surface area (TPSA) is 42.2 Å². The molecule has 0 radical (unpaired) electrons. The van der Waals surface area contributed by atoms with Crippen LogP contribution in [-0.2, 0) is 0 Å². The van der Waals surface area contributed by atoms with Gasteiger partial charge < -0.3 is 9.67 Å². The summed E-state index contributed by atoms with van der Waals surface area (Å²) in [7, 11) is 0. The van der Waals surface area contributed by atoms with Crippen LogP contribution < -0.4 is 0 Å². The third-order valence-electron chi connectivity index (χ3n) is 2.82. The van der Waals surface area contributed by atoms with Crippen LogP contribution in [0.15, 0.2) is 41.0 Å². The molecule has 0 atom stereocenters. The normalized spacial score (nSPS) is 10.9. The van der Waals surface area contributed by atoms with Gasteiger partial charge in [0, 0.05) is 16.4 Å². The minimum atomic E-state index is -0.935. The van der Waals surface area contributed by atoms with E-state index in [9.17, 15) is 9.90 Å². The van der Waals surface area contributed by atoms with Crippen molar-refractivity contribution in [3.05, 3.63) is 52.3 Å². The molecule has 0 bridgehead atoms. The lowest BCUT2D eigenvalue weighted by Crippen LogP contribution is -2.06. The number of aromatic carboxylic acids is 1. The Bertz CT molecular complexity index is 587. The molecule has 0 aliphatic heterocycles. The summed E-state index contributed by atoms with van der Waals surface area (Å²) in [5.41, 5.74) is 2.31. The van der Waals surface area contributed by atoms with Crippen LogP contribution in [-0.4, -0.2) is 15.6 Å². The number of nitrogens with zero attached hydrogens (tertiary/aromatic N) is 1. The molecule has 2 aromatic rings. The molecule has 3 nitrogen and oxygen atoms in total. The summed E-state index contributed by atoms with van der Waals surface area (Å²) in [5.74, 6) is -0.520. The van der Waals surface area contributed by atoms with E-state index in [4.69, 9.17) is 0 Å². The molecule has 0 saturated carbocycles. The van der Waals surface area contributed by atoms with E-state index >= 15 is 0 Å². The molecule has 0 unspecified atom stereocenters. The fraction of sp³-hybridized carbons (Fsp3) is 0.214. The highest BCUT2D eigenvalue weighted by atomic mass is 79.9. The number of rotatable bonds is 3. The van der Waals surface area contributed by atoms with Crippen molar-refractivity contribution < 1.29 is 9.90 Å². The highest BCUT2D eigenvalue weighted by Gasteiger charge is 2.13. The molecule has 1 aromatic carbocycles. The van der Waals surface area contributed by atoms with Crippen molar-refractivity contribution in [1.82, 2.24) is 4.57 Å². The van der Waals surface area contributed by atoms with Gasteiger partial charge in [0.25, 0.3) is 0 Å². The third kappa shape index (κ3) is 2.48. The summed E-state index contributed by atoms with van der Waals surface area (Å²) in [6.45, 7) is 4.23. The van der Waals surface area contributed by atoms with Crippen LogP contribution in [0.3, 0.4) is 0 Å². The number of carboxylic acids is 1. The van der Waals surface area contributed by atoms with Crippen LogP contribution >= 0.6 is 15.9 Å². The zero-order valence-electron chi connectivity index (χ0n) is 10.2. The van der Waals surface area contributed by atoms with Gasteiger partial charge in [-0.1, -0.05) is 26.0 Å². The summed E-state index contributed by atoms with van der Waals surface area (Å²) in [4.78, 5) is 11.2. The Hall–Kier alpha value is -1.55. The summed E-state index contributed by atoms with van der Waals surface area (Å²) in [5, 5.41) is 9.18. The molecule has 1 aromatic heterocycles. The molecule has 18 heavy (non-hydrogen) atoms. The van der Waals surface area contributed by atoms with Crippen molar-refractivity contribution in [3.8, 4) is 5.69 Å². The van der Waals surface area contributed by atoms with Gasteiger partial charge in [-0.2, -0.15) is 0 Å². The lowest BCUT2D eigenvalue weighted by atomic mass is 10.0. The van der Waals surface area contributed by atoms with Gasteiger partial charge in [-0.3, -0.25) is 0 Å². The van der Waals surface area contributed by atoms with Gasteiger partial charge in [0.15, 0.2) is 0 Å². The standard InChI is InChI=1S/C14H14BrNO2/c1-9(2)10-4-3-5-12(6-10)16-8-11(15)7-13(16)14(17)18/h3-9H,1-2H3,(H,17,18). The molecule has 4 heteroatoms. The Kier molecular flexibility index (Phi) is 3.57. The van der Waals surface area contributed by atoms with E-state index in [1.54, 1.807) is 16.8 Å². The van der Waals surface area contributed by atoms with E-state index in [0.29, 0.717) is 5.92 Å². The Morgan fingerprint density at radius 1 is 1.33 bits per heavy atom. The predicted octanol–water partition coefficient (Wildman–Crippen LogP) is 4.06. The highest BCUT2D eigenvalue weighted by Crippen LogP contribution is 2.23. The summed E-state index contributed by atoms with van der Waals surface area (Å²) in [6.07, 6.45) is 1.77. The van der Waals surface area contributed by atoms with Crippen molar-refractivity contribution in [3.63, 3.8) is 0 Å². The van der Waals surface area contributed by atoms with Crippen LogP contribution in [0.25, 0.3) is 5.69 Å². The minimum absolute atomic E-state index is 0.253. The van der Waals surface area contributed by atoms with E-state index < -0.39 is 5.97 Å². The molecule has 94 valence electrons. The maximum absolute atomic E-state index is 11.2. The maximum Gasteiger partial charge on any atom is 0.352 e. The van der Waals surface area contributed by atoms with E-state index in [0.717, 1.165) is 10.2 Å². The molecule has 0 fully saturated rings. The maximum atomic E-state index is 11.2. The second kappa shape index (κ2) is 4.98. The summed E-state index contributed by atoms with van der Waals surface area (Å²) in [6, 6.07) is 9.52. The van der Waals surface area contributed by atoms with Crippen molar-refractivity contribution in [1.29, 1.82) is 0 Å². The molecule has 0 spiro atoms. The number of aromatic nitrogens is 1. The van der Waals surface area contributed by atoms with Crippen LogP contribution in [0.2, 0.25) is 0 Å². The Balaban J connectivity index is 2.54. The van der Waals surface area contributed by atoms with Gasteiger partial charge in [0.2, 0.25) is 0 Å². The summed E-state index contributed by atoms with van der Waals surface area (Å²) < 4.78 is 2.44. The van der Waals surface area contributed by atoms with E-state index in [-0.39, 0.29) is 5.69 Å². The molecule has 1 N–H and O–H groups in total. The average Bonchev–Trinajstić information content (AvgIpc) is 2.72. The summed E-state index contributed by atoms with van der Waals surface area (Å²) >= 11 is 3.31. The zero-order chi connectivity index (χ0) is 13.3. The number of hydrogen-bond acceptors (Lipinski definition) is 1. The fourth-order valence-electron chi connectivity index (χ4n) is 1.84. The second-order valence-corrected chi connectivity index (χ2v) is 5.38. The second-order valence-electron chi connectivity index (χ2n) is 4.47. The minimum Gasteiger partial charge on any atom is -0.477 e. The highest BCUT2D eigenvalue weighted by molar-refractivity contribution is 9.10. The van der Waals surface area contributed by atoms with Crippen LogP contribution in [0.5, 0.6) is 0 Å². The van der Waals surface area contributed by atoms with E-state index in [1.165, 1.54) is 5.56 Å². The zero-order valence-corrected chi connectivity index (χ0v) is 11.8. The van der Waals surface area contributed by atoms with E-state index in [1.807, 2.05) is 24.3 Å². The quantitative estimate of drug-likeness (QED) is 0.929. The Morgan fingerprint density at radius 2 is 2.06 bits per heavy atom. The van der Waals surface area contributed by atoms with Gasteiger partial charge in [-0.05, 0) is 45.6 Å². The number of carbonyl (C=O) groups is 1. The molecule has 0 amide bonds. The number of benzene rings is 1. The average molecular weight is 308 g/mol. The van der Waals surface area contributed by atoms with Gasteiger partial charge in [0.05, 0.1) is 0 Å². The Labute approximate surface area is 114 Å².